The van der Waals surface area contributed by atoms with E-state index in [-0.39, 0.29) is 0 Å². The summed E-state index contributed by atoms with van der Waals surface area (Å²) in [7, 11) is 1.90. The molecule has 2 rings (SSSR count). The Morgan fingerprint density at radius 3 is 3.06 bits per heavy atom. The van der Waals surface area contributed by atoms with Gasteiger partial charge in [-0.25, -0.2) is 0 Å². The predicted octanol–water partition coefficient (Wildman–Crippen LogP) is 1.20. The monoisotopic (exact) mass is 218 g/mol. The average molecular weight is 218 g/mol. The number of hydrogen-bond acceptors (Lipinski definition) is 5. The number of nitrogens with zero attached hydrogens (tertiary/aromatic N) is 3. The van der Waals surface area contributed by atoms with E-state index in [9.17, 15) is 0 Å². The molecule has 0 saturated heterocycles. The van der Waals surface area contributed by atoms with Crippen molar-refractivity contribution in [3.05, 3.63) is 29.8 Å². The van der Waals surface area contributed by atoms with Crippen LogP contribution in [-0.4, -0.2) is 28.7 Å². The summed E-state index contributed by atoms with van der Waals surface area (Å²) in [6, 6.07) is 3.79. The first-order chi connectivity index (χ1) is 7.81. The van der Waals surface area contributed by atoms with E-state index >= 15 is 0 Å². The highest BCUT2D eigenvalue weighted by atomic mass is 16.5. The van der Waals surface area contributed by atoms with Gasteiger partial charge in [-0.05, 0) is 26.1 Å². The van der Waals surface area contributed by atoms with Gasteiger partial charge in [-0.15, -0.1) is 0 Å². The van der Waals surface area contributed by atoms with Crippen molar-refractivity contribution in [2.75, 3.05) is 13.6 Å². The number of likely N-dealkylation sites (N-methyl/N-ethyl adjacent to an activating group) is 1. The minimum atomic E-state index is 0.539. The largest absolute Gasteiger partial charge is 0.334 e. The normalized spacial score (nSPS) is 10.6. The average Bonchev–Trinajstić information content (AvgIpc) is 2.75. The van der Waals surface area contributed by atoms with Crippen LogP contribution >= 0.6 is 0 Å². The van der Waals surface area contributed by atoms with Crippen molar-refractivity contribution in [3.8, 4) is 11.5 Å². The Hall–Kier alpha value is -1.75. The zero-order chi connectivity index (χ0) is 11.4. The highest BCUT2D eigenvalue weighted by Crippen LogP contribution is 2.19. The SMILES string of the molecule is CNCCc1noc(-c2cccnc2C)n1. The second-order valence-electron chi connectivity index (χ2n) is 3.51. The zero-order valence-electron chi connectivity index (χ0n) is 9.40. The summed E-state index contributed by atoms with van der Waals surface area (Å²) in [5, 5.41) is 6.96. The van der Waals surface area contributed by atoms with Gasteiger partial charge in [0.15, 0.2) is 5.82 Å². The molecular weight excluding hydrogens is 204 g/mol. The number of aryl methyl sites for hydroxylation is 1. The summed E-state index contributed by atoms with van der Waals surface area (Å²) in [6.07, 6.45) is 2.51. The fourth-order valence-corrected chi connectivity index (χ4v) is 1.41. The molecule has 0 atom stereocenters. The number of aromatic nitrogens is 3. The molecule has 0 fully saturated rings. The lowest BCUT2D eigenvalue weighted by Crippen LogP contribution is -2.11. The molecule has 2 aromatic heterocycles. The molecule has 2 heterocycles. The first-order valence-corrected chi connectivity index (χ1v) is 5.20. The maximum Gasteiger partial charge on any atom is 0.259 e. The number of hydrogen-bond donors (Lipinski definition) is 1. The lowest BCUT2D eigenvalue weighted by molar-refractivity contribution is 0.421. The fraction of sp³-hybridized carbons (Fsp3) is 0.364. The van der Waals surface area contributed by atoms with E-state index in [0.29, 0.717) is 11.7 Å². The van der Waals surface area contributed by atoms with Gasteiger partial charge in [0.1, 0.15) is 0 Å². The van der Waals surface area contributed by atoms with Crippen molar-refractivity contribution in [2.24, 2.45) is 0 Å². The van der Waals surface area contributed by atoms with Gasteiger partial charge in [-0.1, -0.05) is 5.16 Å². The van der Waals surface area contributed by atoms with E-state index in [1.165, 1.54) is 0 Å². The second kappa shape index (κ2) is 4.85. The summed E-state index contributed by atoms with van der Waals surface area (Å²) in [5.74, 6) is 1.25. The van der Waals surface area contributed by atoms with E-state index in [4.69, 9.17) is 4.52 Å². The number of nitrogens with one attached hydrogen (secondary N) is 1. The molecule has 0 radical (unpaired) electrons. The Bertz CT molecular complexity index is 467. The predicted molar refractivity (Wildman–Crippen MR) is 59.9 cm³/mol. The molecule has 84 valence electrons. The molecule has 0 aliphatic rings. The van der Waals surface area contributed by atoms with Gasteiger partial charge in [0, 0.05) is 24.9 Å². The Labute approximate surface area is 93.9 Å². The van der Waals surface area contributed by atoms with Gasteiger partial charge < -0.3 is 9.84 Å². The van der Waals surface area contributed by atoms with Gasteiger partial charge >= 0.3 is 0 Å². The second-order valence-corrected chi connectivity index (χ2v) is 3.51. The molecular formula is C11H14N4O. The van der Waals surface area contributed by atoms with Crippen LogP contribution in [0.1, 0.15) is 11.5 Å². The third-order valence-electron chi connectivity index (χ3n) is 2.30. The van der Waals surface area contributed by atoms with Gasteiger partial charge in [0.25, 0.3) is 5.89 Å². The van der Waals surface area contributed by atoms with Crippen molar-refractivity contribution < 1.29 is 4.52 Å². The van der Waals surface area contributed by atoms with E-state index in [0.717, 1.165) is 24.2 Å². The van der Waals surface area contributed by atoms with Gasteiger partial charge in [-0.2, -0.15) is 4.98 Å². The van der Waals surface area contributed by atoms with Crippen LogP contribution in [0.25, 0.3) is 11.5 Å². The molecule has 2 aromatic rings. The third-order valence-corrected chi connectivity index (χ3v) is 2.30. The molecule has 0 saturated carbocycles. The first-order valence-electron chi connectivity index (χ1n) is 5.20. The minimum Gasteiger partial charge on any atom is -0.334 e. The van der Waals surface area contributed by atoms with Crippen molar-refractivity contribution in [1.82, 2.24) is 20.4 Å². The summed E-state index contributed by atoms with van der Waals surface area (Å²) in [5.41, 5.74) is 1.79. The standard InChI is InChI=1S/C11H14N4O/c1-8-9(4-3-6-13-8)11-14-10(15-16-11)5-7-12-2/h3-4,6,12H,5,7H2,1-2H3. The molecule has 0 aliphatic carbocycles. The minimum absolute atomic E-state index is 0.539. The smallest absolute Gasteiger partial charge is 0.259 e. The molecule has 5 heteroatoms. The lowest BCUT2D eigenvalue weighted by Gasteiger charge is -1.96. The van der Waals surface area contributed by atoms with Crippen molar-refractivity contribution >= 4 is 0 Å². The Morgan fingerprint density at radius 1 is 1.44 bits per heavy atom. The molecule has 5 nitrogen and oxygen atoms in total. The summed E-state index contributed by atoms with van der Waals surface area (Å²) in [6.45, 7) is 2.76. The molecule has 0 aliphatic heterocycles. The van der Waals surface area contributed by atoms with Crippen molar-refractivity contribution in [2.45, 2.75) is 13.3 Å². The quantitative estimate of drug-likeness (QED) is 0.835. The molecule has 0 aromatic carbocycles. The van der Waals surface area contributed by atoms with E-state index in [1.807, 2.05) is 26.1 Å². The van der Waals surface area contributed by atoms with Crippen molar-refractivity contribution in [1.29, 1.82) is 0 Å². The number of pyridine rings is 1. The maximum atomic E-state index is 5.20. The highest BCUT2D eigenvalue weighted by Gasteiger charge is 2.10. The summed E-state index contributed by atoms with van der Waals surface area (Å²) in [4.78, 5) is 8.51. The van der Waals surface area contributed by atoms with Crippen LogP contribution in [0.3, 0.4) is 0 Å². The van der Waals surface area contributed by atoms with Gasteiger partial charge in [-0.3, -0.25) is 4.98 Å². The van der Waals surface area contributed by atoms with Crippen LogP contribution in [0.5, 0.6) is 0 Å². The van der Waals surface area contributed by atoms with Crippen LogP contribution in [-0.2, 0) is 6.42 Å². The number of rotatable bonds is 4. The molecule has 1 N–H and O–H groups in total. The van der Waals surface area contributed by atoms with Crippen LogP contribution in [0.2, 0.25) is 0 Å². The van der Waals surface area contributed by atoms with E-state index in [1.54, 1.807) is 6.20 Å². The Balaban J connectivity index is 2.22. The van der Waals surface area contributed by atoms with Crippen LogP contribution in [0.4, 0.5) is 0 Å². The molecule has 0 spiro atoms. The molecule has 0 amide bonds. The van der Waals surface area contributed by atoms with E-state index in [2.05, 4.69) is 20.4 Å². The van der Waals surface area contributed by atoms with Gasteiger partial charge in [0.05, 0.1) is 5.56 Å². The Kier molecular flexibility index (Phi) is 3.26. The summed E-state index contributed by atoms with van der Waals surface area (Å²) < 4.78 is 5.20. The van der Waals surface area contributed by atoms with E-state index < -0.39 is 0 Å². The maximum absolute atomic E-state index is 5.20. The third kappa shape index (κ3) is 2.25. The first kappa shape index (κ1) is 10.8. The molecule has 0 bridgehead atoms. The summed E-state index contributed by atoms with van der Waals surface area (Å²) >= 11 is 0. The highest BCUT2D eigenvalue weighted by molar-refractivity contribution is 5.55. The molecule has 0 unspecified atom stereocenters. The lowest BCUT2D eigenvalue weighted by atomic mass is 10.2. The van der Waals surface area contributed by atoms with Crippen LogP contribution in [0.15, 0.2) is 22.9 Å². The van der Waals surface area contributed by atoms with Crippen molar-refractivity contribution in [3.63, 3.8) is 0 Å². The fourth-order valence-electron chi connectivity index (χ4n) is 1.41. The molecule has 16 heavy (non-hydrogen) atoms. The zero-order valence-corrected chi connectivity index (χ0v) is 9.40. The van der Waals surface area contributed by atoms with Crippen LogP contribution < -0.4 is 5.32 Å². The topological polar surface area (TPSA) is 63.8 Å². The van der Waals surface area contributed by atoms with Gasteiger partial charge in [0.2, 0.25) is 0 Å². The Morgan fingerprint density at radius 2 is 2.31 bits per heavy atom. The van der Waals surface area contributed by atoms with Crippen LogP contribution in [0, 0.1) is 6.92 Å².